The first kappa shape index (κ1) is 7.14. The molecule has 1 unspecified atom stereocenters. The van der Waals surface area contributed by atoms with Crippen LogP contribution in [0.4, 0.5) is 0 Å². The zero-order valence-electron chi connectivity index (χ0n) is 4.98. The summed E-state index contributed by atoms with van der Waals surface area (Å²) in [6.45, 7) is 2.92. The Balaban J connectivity index is 2.83. The maximum atomic E-state index is 5.26. The van der Waals surface area contributed by atoms with Gasteiger partial charge in [0.15, 0.2) is 9.04 Å². The van der Waals surface area contributed by atoms with Crippen LogP contribution in [0.3, 0.4) is 0 Å². The lowest BCUT2D eigenvalue weighted by molar-refractivity contribution is 0.424. The molecular formula is C4H13NOSi. The zero-order valence-corrected chi connectivity index (χ0v) is 6.13. The molecule has 0 rings (SSSR count). The van der Waals surface area contributed by atoms with Crippen LogP contribution < -0.4 is 5.73 Å². The lowest BCUT2D eigenvalue weighted by Crippen LogP contribution is -2.15. The van der Waals surface area contributed by atoms with E-state index in [1.54, 1.807) is 7.11 Å². The van der Waals surface area contributed by atoms with Crippen LogP contribution in [-0.4, -0.2) is 22.7 Å². The van der Waals surface area contributed by atoms with Crippen molar-refractivity contribution in [1.29, 1.82) is 0 Å². The molecule has 44 valence electrons. The first-order valence-electron chi connectivity index (χ1n) is 2.54. The second kappa shape index (κ2) is 4.30. The summed E-state index contributed by atoms with van der Waals surface area (Å²) in [5.74, 6) is 0. The molecule has 0 aliphatic heterocycles. The number of rotatable bonds is 3. The van der Waals surface area contributed by atoms with E-state index in [1.165, 1.54) is 0 Å². The fraction of sp³-hybridized carbons (Fsp3) is 1.00. The lowest BCUT2D eigenvalue weighted by atomic mass is 10.8. The summed E-state index contributed by atoms with van der Waals surface area (Å²) in [4.78, 5) is 0. The summed E-state index contributed by atoms with van der Waals surface area (Å²) in [5, 5.41) is 0. The quantitative estimate of drug-likeness (QED) is 0.528. The molecule has 0 aliphatic rings. The third kappa shape index (κ3) is 3.98. The molecular weight excluding hydrogens is 106 g/mol. The maximum Gasteiger partial charge on any atom is 0.174 e. The van der Waals surface area contributed by atoms with E-state index in [1.807, 2.05) is 0 Å². The van der Waals surface area contributed by atoms with E-state index in [0.29, 0.717) is 0 Å². The Kier molecular flexibility index (Phi) is 4.38. The van der Waals surface area contributed by atoms with Crippen molar-refractivity contribution >= 4 is 9.04 Å². The van der Waals surface area contributed by atoms with Crippen molar-refractivity contribution in [3.63, 3.8) is 0 Å². The van der Waals surface area contributed by atoms with Crippen LogP contribution >= 0.6 is 0 Å². The van der Waals surface area contributed by atoms with Crippen molar-refractivity contribution in [2.45, 2.75) is 12.6 Å². The second-order valence-electron chi connectivity index (χ2n) is 1.62. The second-order valence-corrected chi connectivity index (χ2v) is 4.29. The van der Waals surface area contributed by atoms with Crippen molar-refractivity contribution in [3.05, 3.63) is 0 Å². The first-order valence-corrected chi connectivity index (χ1v) is 4.98. The van der Waals surface area contributed by atoms with Crippen LogP contribution in [0, 0.1) is 0 Å². The summed E-state index contributed by atoms with van der Waals surface area (Å²) >= 11 is 0. The van der Waals surface area contributed by atoms with Crippen LogP contribution in [0.15, 0.2) is 0 Å². The van der Waals surface area contributed by atoms with Crippen molar-refractivity contribution in [3.8, 4) is 0 Å². The van der Waals surface area contributed by atoms with Gasteiger partial charge in [0.25, 0.3) is 0 Å². The van der Waals surface area contributed by atoms with Crippen LogP contribution in [-0.2, 0) is 4.43 Å². The SMILES string of the molecule is CO[SiH](C)CCN. The van der Waals surface area contributed by atoms with E-state index < -0.39 is 9.04 Å². The molecule has 1 atom stereocenters. The average Bonchev–Trinajstić information content (AvgIpc) is 1.68. The average molecular weight is 119 g/mol. The molecule has 0 aromatic carbocycles. The molecule has 0 heterocycles. The van der Waals surface area contributed by atoms with Gasteiger partial charge in [0.1, 0.15) is 0 Å². The van der Waals surface area contributed by atoms with Crippen molar-refractivity contribution < 1.29 is 4.43 Å². The summed E-state index contributed by atoms with van der Waals surface area (Å²) in [6, 6.07) is 1.09. The van der Waals surface area contributed by atoms with E-state index in [4.69, 9.17) is 10.2 Å². The zero-order chi connectivity index (χ0) is 5.70. The molecule has 0 amide bonds. The van der Waals surface area contributed by atoms with Crippen LogP contribution in [0.1, 0.15) is 0 Å². The van der Waals surface area contributed by atoms with E-state index in [0.717, 1.165) is 12.6 Å². The number of hydrogen-bond acceptors (Lipinski definition) is 2. The monoisotopic (exact) mass is 119 g/mol. The van der Waals surface area contributed by atoms with Gasteiger partial charge in [0, 0.05) is 7.11 Å². The molecule has 0 fully saturated rings. The van der Waals surface area contributed by atoms with E-state index in [-0.39, 0.29) is 0 Å². The van der Waals surface area contributed by atoms with Gasteiger partial charge in [-0.25, -0.2) is 0 Å². The smallest absolute Gasteiger partial charge is 0.174 e. The Bertz CT molecular complexity index is 42.7. The molecule has 2 N–H and O–H groups in total. The number of nitrogens with two attached hydrogens (primary N) is 1. The summed E-state index contributed by atoms with van der Waals surface area (Å²) < 4.78 is 5.05. The van der Waals surface area contributed by atoms with E-state index >= 15 is 0 Å². The highest BCUT2D eigenvalue weighted by Gasteiger charge is 1.96. The minimum absolute atomic E-state index is 0.779. The Morgan fingerprint density at radius 3 is 2.43 bits per heavy atom. The predicted molar refractivity (Wildman–Crippen MR) is 33.9 cm³/mol. The van der Waals surface area contributed by atoms with E-state index in [2.05, 4.69) is 6.55 Å². The van der Waals surface area contributed by atoms with Gasteiger partial charge in [0.05, 0.1) is 0 Å². The van der Waals surface area contributed by atoms with Crippen LogP contribution in [0.5, 0.6) is 0 Å². The van der Waals surface area contributed by atoms with Gasteiger partial charge in [-0.15, -0.1) is 0 Å². The highest BCUT2D eigenvalue weighted by atomic mass is 28.3. The van der Waals surface area contributed by atoms with Gasteiger partial charge < -0.3 is 10.2 Å². The molecule has 0 bridgehead atoms. The minimum atomic E-state index is -0.806. The van der Waals surface area contributed by atoms with Gasteiger partial charge in [-0.2, -0.15) is 0 Å². The normalized spacial score (nSPS) is 14.1. The molecule has 7 heavy (non-hydrogen) atoms. The third-order valence-electron chi connectivity index (χ3n) is 0.976. The molecule has 0 saturated carbocycles. The molecule has 0 aromatic heterocycles. The van der Waals surface area contributed by atoms with Crippen LogP contribution in [0.25, 0.3) is 0 Å². The Morgan fingerprint density at radius 1 is 1.71 bits per heavy atom. The lowest BCUT2D eigenvalue weighted by Gasteiger charge is -2.02. The molecule has 2 nitrogen and oxygen atoms in total. The van der Waals surface area contributed by atoms with Crippen molar-refractivity contribution in [2.24, 2.45) is 5.73 Å². The first-order chi connectivity index (χ1) is 3.31. The molecule has 0 spiro atoms. The molecule has 0 saturated heterocycles. The fourth-order valence-corrected chi connectivity index (χ4v) is 1.06. The number of hydrogen-bond donors (Lipinski definition) is 1. The minimum Gasteiger partial charge on any atom is -0.423 e. The Labute approximate surface area is 46.4 Å². The van der Waals surface area contributed by atoms with Gasteiger partial charge in [0.2, 0.25) is 0 Å². The van der Waals surface area contributed by atoms with E-state index in [9.17, 15) is 0 Å². The van der Waals surface area contributed by atoms with Gasteiger partial charge in [-0.3, -0.25) is 0 Å². The molecule has 3 heteroatoms. The maximum absolute atomic E-state index is 5.26. The topological polar surface area (TPSA) is 35.2 Å². The predicted octanol–water partition coefficient (Wildman–Crippen LogP) is -0.0549. The fourth-order valence-electron chi connectivity index (χ4n) is 0.353. The van der Waals surface area contributed by atoms with Gasteiger partial charge >= 0.3 is 0 Å². The Morgan fingerprint density at radius 2 is 2.29 bits per heavy atom. The highest BCUT2D eigenvalue weighted by molar-refractivity contribution is 6.50. The van der Waals surface area contributed by atoms with Gasteiger partial charge in [-0.1, -0.05) is 0 Å². The molecule has 0 aliphatic carbocycles. The summed E-state index contributed by atoms with van der Waals surface area (Å²) in [6.07, 6.45) is 0. The molecule has 0 radical (unpaired) electrons. The van der Waals surface area contributed by atoms with Gasteiger partial charge in [-0.05, 0) is 19.1 Å². The largest absolute Gasteiger partial charge is 0.423 e. The highest BCUT2D eigenvalue weighted by Crippen LogP contribution is 1.86. The van der Waals surface area contributed by atoms with Crippen molar-refractivity contribution in [2.75, 3.05) is 13.7 Å². The standard InChI is InChI=1S/C4H13NOSi/c1-6-7(2)4-3-5/h7H,3-5H2,1-2H3. The Hall–Kier alpha value is 0.137. The molecule has 0 aromatic rings. The summed E-state index contributed by atoms with van der Waals surface area (Å²) in [5.41, 5.74) is 5.26. The van der Waals surface area contributed by atoms with Crippen LogP contribution in [0.2, 0.25) is 12.6 Å². The third-order valence-corrected chi connectivity index (χ3v) is 2.93. The van der Waals surface area contributed by atoms with Crippen molar-refractivity contribution in [1.82, 2.24) is 0 Å². The summed E-state index contributed by atoms with van der Waals surface area (Å²) in [7, 11) is 0.950.